The fourth-order valence-corrected chi connectivity index (χ4v) is 1.74. The highest BCUT2D eigenvalue weighted by atomic mass is 35.5. The molecule has 0 aliphatic rings. The van der Waals surface area contributed by atoms with Gasteiger partial charge in [0.2, 0.25) is 0 Å². The minimum atomic E-state index is -1.56. The zero-order chi connectivity index (χ0) is 16.8. The number of anilines is 1. The maximum atomic E-state index is 13.0. The lowest BCUT2D eigenvalue weighted by molar-refractivity contribution is -0.119. The van der Waals surface area contributed by atoms with Crippen molar-refractivity contribution in [1.82, 2.24) is 5.43 Å². The Bertz CT molecular complexity index is 712. The van der Waals surface area contributed by atoms with Crippen molar-refractivity contribution in [3.8, 4) is 0 Å². The van der Waals surface area contributed by atoms with E-state index in [-0.39, 0.29) is 12.1 Å². The summed E-state index contributed by atoms with van der Waals surface area (Å²) >= 11 is 5.73. The average molecular weight is 342 g/mol. The second-order valence-electron chi connectivity index (χ2n) is 4.45. The first-order chi connectivity index (χ1) is 11.0. The first-order valence-electron chi connectivity index (χ1n) is 6.41. The predicted molar refractivity (Wildman–Crippen MR) is 82.0 cm³/mol. The fourth-order valence-electron chi connectivity index (χ4n) is 1.62. The SMILES string of the molecule is O=C(CNc1ccc(Cl)cc1)N/N=C/c1cc(F)c(F)c(F)c1. The van der Waals surface area contributed by atoms with Crippen molar-refractivity contribution in [3.63, 3.8) is 0 Å². The van der Waals surface area contributed by atoms with Gasteiger partial charge in [0.25, 0.3) is 5.91 Å². The molecule has 0 saturated carbocycles. The number of nitrogens with zero attached hydrogens (tertiary/aromatic N) is 1. The molecule has 0 aliphatic carbocycles. The second-order valence-corrected chi connectivity index (χ2v) is 4.89. The van der Waals surface area contributed by atoms with Crippen molar-refractivity contribution in [1.29, 1.82) is 0 Å². The largest absolute Gasteiger partial charge is 0.376 e. The summed E-state index contributed by atoms with van der Waals surface area (Å²) in [7, 11) is 0. The third kappa shape index (κ3) is 5.00. The van der Waals surface area contributed by atoms with Gasteiger partial charge in [0.05, 0.1) is 12.8 Å². The minimum Gasteiger partial charge on any atom is -0.376 e. The van der Waals surface area contributed by atoms with E-state index in [0.717, 1.165) is 18.3 Å². The zero-order valence-electron chi connectivity index (χ0n) is 11.6. The Kier molecular flexibility index (Phi) is 5.59. The number of benzene rings is 2. The van der Waals surface area contributed by atoms with E-state index in [0.29, 0.717) is 10.7 Å². The maximum absolute atomic E-state index is 13.0. The molecule has 0 bridgehead atoms. The molecular weight excluding hydrogens is 331 g/mol. The van der Waals surface area contributed by atoms with Gasteiger partial charge in [-0.2, -0.15) is 5.10 Å². The van der Waals surface area contributed by atoms with Gasteiger partial charge >= 0.3 is 0 Å². The Labute approximate surface area is 135 Å². The van der Waals surface area contributed by atoms with Gasteiger partial charge in [-0.1, -0.05) is 11.6 Å². The molecular formula is C15H11ClF3N3O. The van der Waals surface area contributed by atoms with Gasteiger partial charge < -0.3 is 5.32 Å². The Morgan fingerprint density at radius 1 is 1.13 bits per heavy atom. The van der Waals surface area contributed by atoms with Crippen LogP contribution in [0.4, 0.5) is 18.9 Å². The number of carbonyl (C=O) groups excluding carboxylic acids is 1. The smallest absolute Gasteiger partial charge is 0.259 e. The maximum Gasteiger partial charge on any atom is 0.259 e. The second kappa shape index (κ2) is 7.64. The summed E-state index contributed by atoms with van der Waals surface area (Å²) in [5.41, 5.74) is 2.84. The molecule has 2 rings (SSSR count). The highest BCUT2D eigenvalue weighted by molar-refractivity contribution is 6.30. The van der Waals surface area contributed by atoms with E-state index in [1.807, 2.05) is 0 Å². The first kappa shape index (κ1) is 16.8. The van der Waals surface area contributed by atoms with Crippen LogP contribution in [0.1, 0.15) is 5.56 Å². The van der Waals surface area contributed by atoms with E-state index < -0.39 is 23.4 Å². The third-order valence-electron chi connectivity index (χ3n) is 2.71. The lowest BCUT2D eigenvalue weighted by atomic mass is 10.2. The molecule has 0 saturated heterocycles. The van der Waals surface area contributed by atoms with Crippen molar-refractivity contribution >= 4 is 29.4 Å². The molecule has 1 amide bonds. The number of rotatable bonds is 5. The fraction of sp³-hybridized carbons (Fsp3) is 0.0667. The van der Waals surface area contributed by atoms with Crippen molar-refractivity contribution < 1.29 is 18.0 Å². The van der Waals surface area contributed by atoms with Crippen LogP contribution in [0.2, 0.25) is 5.02 Å². The van der Waals surface area contributed by atoms with Crippen LogP contribution in [0.25, 0.3) is 0 Å². The first-order valence-corrected chi connectivity index (χ1v) is 6.79. The van der Waals surface area contributed by atoms with Crippen LogP contribution < -0.4 is 10.7 Å². The standard InChI is InChI=1S/C15H11ClF3N3O/c16-10-1-3-11(4-2-10)20-8-14(23)22-21-7-9-5-12(17)15(19)13(18)6-9/h1-7,20H,8H2,(H,22,23)/b21-7+. The summed E-state index contributed by atoms with van der Waals surface area (Å²) in [6.45, 7) is -0.0644. The van der Waals surface area contributed by atoms with Crippen molar-refractivity contribution in [3.05, 3.63) is 64.4 Å². The number of hydrogen-bond acceptors (Lipinski definition) is 3. The molecule has 120 valence electrons. The predicted octanol–water partition coefficient (Wildman–Crippen LogP) is 3.32. The highest BCUT2D eigenvalue weighted by Gasteiger charge is 2.09. The molecule has 0 fully saturated rings. The molecule has 23 heavy (non-hydrogen) atoms. The van der Waals surface area contributed by atoms with Gasteiger partial charge in [-0.3, -0.25) is 4.79 Å². The summed E-state index contributed by atoms with van der Waals surface area (Å²) in [6, 6.07) is 8.25. The van der Waals surface area contributed by atoms with Crippen LogP contribution in [-0.2, 0) is 4.79 Å². The molecule has 2 aromatic rings. The summed E-state index contributed by atoms with van der Waals surface area (Å²) in [4.78, 5) is 11.5. The van der Waals surface area contributed by atoms with Crippen LogP contribution in [0, 0.1) is 17.5 Å². The third-order valence-corrected chi connectivity index (χ3v) is 2.96. The van der Waals surface area contributed by atoms with Gasteiger partial charge in [0, 0.05) is 16.3 Å². The molecule has 0 heterocycles. The van der Waals surface area contributed by atoms with E-state index in [2.05, 4.69) is 15.8 Å². The molecule has 4 nitrogen and oxygen atoms in total. The Morgan fingerprint density at radius 3 is 2.35 bits per heavy atom. The summed E-state index contributed by atoms with van der Waals surface area (Å²) in [5.74, 6) is -4.69. The number of nitrogens with one attached hydrogen (secondary N) is 2. The monoisotopic (exact) mass is 341 g/mol. The van der Waals surface area contributed by atoms with Gasteiger partial charge in [0.15, 0.2) is 17.5 Å². The molecule has 8 heteroatoms. The van der Waals surface area contributed by atoms with Gasteiger partial charge in [0.1, 0.15) is 0 Å². The number of halogens is 4. The Morgan fingerprint density at radius 2 is 1.74 bits per heavy atom. The van der Waals surface area contributed by atoms with Crippen LogP contribution in [0.15, 0.2) is 41.5 Å². The lowest BCUT2D eigenvalue weighted by Crippen LogP contribution is -2.25. The molecule has 0 radical (unpaired) electrons. The molecule has 0 atom stereocenters. The van der Waals surface area contributed by atoms with E-state index in [4.69, 9.17) is 11.6 Å². The lowest BCUT2D eigenvalue weighted by Gasteiger charge is -2.05. The Balaban J connectivity index is 1.85. The topological polar surface area (TPSA) is 53.5 Å². The summed E-state index contributed by atoms with van der Waals surface area (Å²) in [5, 5.41) is 6.94. The van der Waals surface area contributed by atoms with Crippen molar-refractivity contribution in [2.75, 3.05) is 11.9 Å². The molecule has 2 aromatic carbocycles. The van der Waals surface area contributed by atoms with E-state index in [1.165, 1.54) is 0 Å². The minimum absolute atomic E-state index is 0.0210. The van der Waals surface area contributed by atoms with Crippen molar-refractivity contribution in [2.24, 2.45) is 5.10 Å². The van der Waals surface area contributed by atoms with Crippen LogP contribution in [0.5, 0.6) is 0 Å². The van der Waals surface area contributed by atoms with Gasteiger partial charge in [-0.15, -0.1) is 0 Å². The quantitative estimate of drug-likeness (QED) is 0.498. The van der Waals surface area contributed by atoms with Gasteiger partial charge in [-0.25, -0.2) is 18.6 Å². The number of carbonyl (C=O) groups is 1. The highest BCUT2D eigenvalue weighted by Crippen LogP contribution is 2.13. The number of hydrogen-bond donors (Lipinski definition) is 2. The molecule has 0 spiro atoms. The molecule has 0 aliphatic heterocycles. The summed E-state index contributed by atoms with van der Waals surface area (Å²) in [6.07, 6.45) is 1.01. The summed E-state index contributed by atoms with van der Waals surface area (Å²) < 4.78 is 38.7. The zero-order valence-corrected chi connectivity index (χ0v) is 12.4. The van der Waals surface area contributed by atoms with E-state index in [9.17, 15) is 18.0 Å². The molecule has 0 aromatic heterocycles. The van der Waals surface area contributed by atoms with Crippen LogP contribution in [-0.4, -0.2) is 18.7 Å². The van der Waals surface area contributed by atoms with Crippen LogP contribution in [0.3, 0.4) is 0 Å². The normalized spacial score (nSPS) is 10.8. The Hall–Kier alpha value is -2.54. The van der Waals surface area contributed by atoms with E-state index in [1.54, 1.807) is 24.3 Å². The van der Waals surface area contributed by atoms with Crippen molar-refractivity contribution in [2.45, 2.75) is 0 Å². The molecule has 2 N–H and O–H groups in total. The van der Waals surface area contributed by atoms with E-state index >= 15 is 0 Å². The van der Waals surface area contributed by atoms with Gasteiger partial charge in [-0.05, 0) is 36.4 Å². The number of hydrazone groups is 1. The number of amides is 1. The van der Waals surface area contributed by atoms with Crippen LogP contribution >= 0.6 is 11.6 Å². The average Bonchev–Trinajstić information content (AvgIpc) is 2.52. The molecule has 0 unspecified atom stereocenters.